The fourth-order valence-corrected chi connectivity index (χ4v) is 8.20. The van der Waals surface area contributed by atoms with Gasteiger partial charge in [-0.25, -0.2) is 13.2 Å². The van der Waals surface area contributed by atoms with Crippen LogP contribution in [0.1, 0.15) is 48.9 Å². The summed E-state index contributed by atoms with van der Waals surface area (Å²) in [7, 11) is -3.78. The average molecular weight is 482 g/mol. The van der Waals surface area contributed by atoms with E-state index in [1.54, 1.807) is 0 Å². The van der Waals surface area contributed by atoms with Crippen molar-refractivity contribution >= 4 is 33.4 Å². The Morgan fingerprint density at radius 1 is 1.06 bits per heavy atom. The van der Waals surface area contributed by atoms with Crippen molar-refractivity contribution in [3.63, 3.8) is 0 Å². The molecule has 4 aliphatic carbocycles. The molecule has 0 amide bonds. The Bertz CT molecular complexity index is 998. The van der Waals surface area contributed by atoms with Gasteiger partial charge in [0.15, 0.2) is 12.4 Å². The van der Waals surface area contributed by atoms with E-state index >= 15 is 0 Å². The molecule has 174 valence electrons. The van der Waals surface area contributed by atoms with E-state index in [1.165, 1.54) is 41.8 Å². The van der Waals surface area contributed by atoms with Crippen molar-refractivity contribution in [1.29, 1.82) is 0 Å². The second-order valence-corrected chi connectivity index (χ2v) is 12.2. The van der Waals surface area contributed by atoms with Gasteiger partial charge < -0.3 is 9.47 Å². The molecule has 5 fully saturated rings. The number of Topliss-reactive ketones (excluding diaryl/α,β-unsaturated/α-hetero) is 1. The van der Waals surface area contributed by atoms with Gasteiger partial charge in [0, 0.05) is 18.5 Å². The SMILES string of the molecule is O=C(OCC(=O)C12CC3CC(CC(C3)C1)C2)c1cc(S(=O)(=O)N2CCOCC2)ccc1Cl. The summed E-state index contributed by atoms with van der Waals surface area (Å²) in [5.74, 6) is 1.09. The zero-order valence-electron chi connectivity index (χ0n) is 17.9. The first-order valence-corrected chi connectivity index (χ1v) is 13.2. The number of ether oxygens (including phenoxy) is 2. The number of sulfonamides is 1. The number of carbonyl (C=O) groups excluding carboxylic acids is 2. The first kappa shape index (κ1) is 22.3. The summed E-state index contributed by atoms with van der Waals surface area (Å²) in [6.45, 7) is 0.874. The van der Waals surface area contributed by atoms with Crippen LogP contribution in [-0.2, 0) is 24.3 Å². The largest absolute Gasteiger partial charge is 0.454 e. The summed E-state index contributed by atoms with van der Waals surface area (Å²) in [4.78, 5) is 25.9. The van der Waals surface area contributed by atoms with Crippen LogP contribution in [0.3, 0.4) is 0 Å². The number of halogens is 1. The van der Waals surface area contributed by atoms with E-state index in [2.05, 4.69) is 0 Å². The van der Waals surface area contributed by atoms with Crippen molar-refractivity contribution in [2.75, 3.05) is 32.9 Å². The summed E-state index contributed by atoms with van der Waals surface area (Å²) in [5.41, 5.74) is -0.389. The van der Waals surface area contributed by atoms with Crippen LogP contribution in [0.5, 0.6) is 0 Å². The molecule has 1 saturated heterocycles. The fourth-order valence-electron chi connectivity index (χ4n) is 6.57. The number of morpholine rings is 1. The van der Waals surface area contributed by atoms with Crippen molar-refractivity contribution in [2.24, 2.45) is 23.2 Å². The highest BCUT2D eigenvalue weighted by molar-refractivity contribution is 7.89. The van der Waals surface area contributed by atoms with Crippen LogP contribution in [0.4, 0.5) is 0 Å². The molecule has 0 aromatic heterocycles. The number of hydrogen-bond donors (Lipinski definition) is 0. The monoisotopic (exact) mass is 481 g/mol. The second-order valence-electron chi connectivity index (χ2n) is 9.86. The molecule has 32 heavy (non-hydrogen) atoms. The Labute approximate surface area is 193 Å². The van der Waals surface area contributed by atoms with Gasteiger partial charge in [-0.2, -0.15) is 4.31 Å². The molecular formula is C23H28ClNO6S. The Morgan fingerprint density at radius 2 is 1.66 bits per heavy atom. The van der Waals surface area contributed by atoms with Crippen LogP contribution in [0.15, 0.2) is 23.1 Å². The summed E-state index contributed by atoms with van der Waals surface area (Å²) in [6.07, 6.45) is 6.40. The molecule has 4 saturated carbocycles. The maximum atomic E-state index is 13.1. The number of esters is 1. The van der Waals surface area contributed by atoms with Gasteiger partial charge >= 0.3 is 5.97 Å². The highest BCUT2D eigenvalue weighted by Gasteiger charge is 2.54. The molecule has 5 aliphatic rings. The van der Waals surface area contributed by atoms with Crippen molar-refractivity contribution in [3.05, 3.63) is 28.8 Å². The molecule has 6 rings (SSSR count). The molecule has 4 bridgehead atoms. The normalized spacial score (nSPS) is 32.1. The second kappa shape index (κ2) is 8.38. The smallest absolute Gasteiger partial charge is 0.340 e. The predicted octanol–water partition coefficient (Wildman–Crippen LogP) is 3.30. The Morgan fingerprint density at radius 3 is 2.25 bits per heavy atom. The summed E-state index contributed by atoms with van der Waals surface area (Å²) in [6, 6.07) is 4.00. The number of benzene rings is 1. The third kappa shape index (κ3) is 4.00. The minimum atomic E-state index is -3.78. The van der Waals surface area contributed by atoms with E-state index in [1.807, 2.05) is 0 Å². The lowest BCUT2D eigenvalue weighted by molar-refractivity contribution is -0.147. The molecule has 0 unspecified atom stereocenters. The van der Waals surface area contributed by atoms with E-state index in [9.17, 15) is 18.0 Å². The van der Waals surface area contributed by atoms with E-state index in [4.69, 9.17) is 21.1 Å². The minimum absolute atomic E-state index is 0.00170. The highest BCUT2D eigenvalue weighted by Crippen LogP contribution is 2.60. The number of carbonyl (C=O) groups is 2. The van der Waals surface area contributed by atoms with Gasteiger partial charge in [0.25, 0.3) is 0 Å². The Balaban J connectivity index is 1.28. The van der Waals surface area contributed by atoms with E-state index in [0.717, 1.165) is 19.3 Å². The maximum absolute atomic E-state index is 13.1. The number of rotatable bonds is 6. The molecule has 0 atom stereocenters. The third-order valence-corrected chi connectivity index (χ3v) is 9.95. The standard InChI is InChI=1S/C23H28ClNO6S/c24-20-2-1-18(32(28,29)25-3-5-30-6-4-25)10-19(20)22(27)31-14-21(26)23-11-15-7-16(12-23)9-17(8-15)13-23/h1-2,10,15-17H,3-9,11-14H2. The number of nitrogens with zero attached hydrogens (tertiary/aromatic N) is 1. The van der Waals surface area contributed by atoms with Gasteiger partial charge in [0.2, 0.25) is 10.0 Å². The molecule has 0 N–H and O–H groups in total. The van der Waals surface area contributed by atoms with Crippen LogP contribution in [-0.4, -0.2) is 57.4 Å². The highest BCUT2D eigenvalue weighted by atomic mass is 35.5. The molecular weight excluding hydrogens is 454 g/mol. The zero-order valence-corrected chi connectivity index (χ0v) is 19.5. The average Bonchev–Trinajstić information content (AvgIpc) is 2.77. The quantitative estimate of drug-likeness (QED) is 0.579. The van der Waals surface area contributed by atoms with Gasteiger partial charge in [0.05, 0.1) is 28.7 Å². The molecule has 1 heterocycles. The van der Waals surface area contributed by atoms with E-state index < -0.39 is 16.0 Å². The minimum Gasteiger partial charge on any atom is -0.454 e. The lowest BCUT2D eigenvalue weighted by Crippen LogP contribution is -2.51. The van der Waals surface area contributed by atoms with Gasteiger partial charge in [-0.1, -0.05) is 11.6 Å². The summed E-state index contributed by atoms with van der Waals surface area (Å²) < 4.78 is 37.8. The van der Waals surface area contributed by atoms with Crippen molar-refractivity contribution < 1.29 is 27.5 Å². The van der Waals surface area contributed by atoms with Gasteiger partial charge in [-0.05, 0) is 74.5 Å². The first-order valence-electron chi connectivity index (χ1n) is 11.3. The maximum Gasteiger partial charge on any atom is 0.340 e. The number of ketones is 1. The molecule has 1 aliphatic heterocycles. The van der Waals surface area contributed by atoms with E-state index in [-0.39, 0.29) is 46.4 Å². The summed E-state index contributed by atoms with van der Waals surface area (Å²) in [5, 5.41) is 0.0955. The third-order valence-electron chi connectivity index (χ3n) is 7.73. The van der Waals surface area contributed by atoms with E-state index in [0.29, 0.717) is 31.0 Å². The predicted molar refractivity (Wildman–Crippen MR) is 117 cm³/mol. The van der Waals surface area contributed by atoms with Gasteiger partial charge in [0.1, 0.15) is 0 Å². The molecule has 9 heteroatoms. The zero-order chi connectivity index (χ0) is 22.5. The van der Waals surface area contributed by atoms with Gasteiger partial charge in [-0.15, -0.1) is 0 Å². The van der Waals surface area contributed by atoms with Crippen LogP contribution < -0.4 is 0 Å². The lowest BCUT2D eigenvalue weighted by atomic mass is 9.48. The van der Waals surface area contributed by atoms with Crippen LogP contribution in [0, 0.1) is 23.2 Å². The van der Waals surface area contributed by atoms with Crippen LogP contribution in [0.2, 0.25) is 5.02 Å². The van der Waals surface area contributed by atoms with Crippen molar-refractivity contribution in [1.82, 2.24) is 4.31 Å². The molecule has 7 nitrogen and oxygen atoms in total. The summed E-state index contributed by atoms with van der Waals surface area (Å²) >= 11 is 6.18. The lowest BCUT2D eigenvalue weighted by Gasteiger charge is -2.55. The van der Waals surface area contributed by atoms with Gasteiger partial charge in [-0.3, -0.25) is 4.79 Å². The Kier molecular flexibility index (Phi) is 5.85. The molecule has 1 aromatic rings. The Hall–Kier alpha value is -1.48. The van der Waals surface area contributed by atoms with Crippen molar-refractivity contribution in [3.8, 4) is 0 Å². The first-order chi connectivity index (χ1) is 15.3. The topological polar surface area (TPSA) is 90.0 Å². The number of hydrogen-bond acceptors (Lipinski definition) is 6. The fraction of sp³-hybridized carbons (Fsp3) is 0.652. The molecule has 0 spiro atoms. The molecule has 1 aromatic carbocycles. The van der Waals surface area contributed by atoms with Crippen molar-refractivity contribution in [2.45, 2.75) is 43.4 Å². The van der Waals surface area contributed by atoms with Crippen LogP contribution in [0.25, 0.3) is 0 Å². The molecule has 0 radical (unpaired) electrons. The van der Waals surface area contributed by atoms with Crippen LogP contribution >= 0.6 is 11.6 Å².